The number of carbonyl (C=O) groups is 3. The lowest BCUT2D eigenvalue weighted by Crippen LogP contribution is -2.22. The second kappa shape index (κ2) is 9.30. The summed E-state index contributed by atoms with van der Waals surface area (Å²) in [6, 6.07) is 11.6. The van der Waals surface area contributed by atoms with E-state index in [1.165, 1.54) is 45.3 Å². The van der Waals surface area contributed by atoms with E-state index >= 15 is 0 Å². The van der Waals surface area contributed by atoms with E-state index < -0.39 is 28.5 Å². The molecule has 0 aromatic heterocycles. The largest absolute Gasteiger partial charge is 0.452 e. The topological polar surface area (TPSA) is 122 Å². The second-order valence-corrected chi connectivity index (χ2v) is 8.35. The minimum Gasteiger partial charge on any atom is -0.452 e. The molecule has 0 spiro atoms. The summed E-state index contributed by atoms with van der Waals surface area (Å²) in [5.41, 5.74) is 1.18. The molecule has 9 nitrogen and oxygen atoms in total. The van der Waals surface area contributed by atoms with E-state index in [0.717, 1.165) is 4.31 Å². The van der Waals surface area contributed by atoms with Gasteiger partial charge in [-0.3, -0.25) is 9.59 Å². The summed E-state index contributed by atoms with van der Waals surface area (Å²) in [7, 11) is -0.783. The Morgan fingerprint density at radius 2 is 1.41 bits per heavy atom. The van der Waals surface area contributed by atoms with Crippen LogP contribution in [-0.4, -0.2) is 51.2 Å². The van der Waals surface area contributed by atoms with Crippen LogP contribution in [0, 0.1) is 0 Å². The maximum absolute atomic E-state index is 12.0. The Morgan fingerprint density at radius 3 is 1.90 bits per heavy atom. The Kier molecular flexibility index (Phi) is 7.08. The molecule has 2 aromatic carbocycles. The number of amides is 2. The standard InChI is InChI=1S/C19H21N3O6S/c1-13(23)20-15-6-8-16(9-7-15)21-18(24)12-28-19(25)14-4-10-17(11-5-14)29(26,27)22(2)3/h4-11H,12H2,1-3H3,(H,20,23)(H,21,24). The summed E-state index contributed by atoms with van der Waals surface area (Å²) in [6.45, 7) is 0.878. The quantitative estimate of drug-likeness (QED) is 0.659. The third-order valence-corrected chi connectivity index (χ3v) is 5.52. The zero-order chi connectivity index (χ0) is 21.6. The molecule has 2 rings (SSSR count). The van der Waals surface area contributed by atoms with Gasteiger partial charge in [-0.2, -0.15) is 0 Å². The number of nitrogens with zero attached hydrogens (tertiary/aromatic N) is 1. The van der Waals surface area contributed by atoms with Gasteiger partial charge in [-0.15, -0.1) is 0 Å². The highest BCUT2D eigenvalue weighted by Gasteiger charge is 2.18. The van der Waals surface area contributed by atoms with Crippen molar-refractivity contribution in [1.82, 2.24) is 4.31 Å². The highest BCUT2D eigenvalue weighted by molar-refractivity contribution is 7.89. The monoisotopic (exact) mass is 419 g/mol. The summed E-state index contributed by atoms with van der Waals surface area (Å²) in [4.78, 5) is 35.0. The van der Waals surface area contributed by atoms with Gasteiger partial charge in [0, 0.05) is 32.4 Å². The summed E-state index contributed by atoms with van der Waals surface area (Å²) >= 11 is 0. The Morgan fingerprint density at radius 1 is 0.897 bits per heavy atom. The Bertz CT molecular complexity index is 999. The average Bonchev–Trinajstić information content (AvgIpc) is 2.67. The molecule has 154 valence electrons. The second-order valence-electron chi connectivity index (χ2n) is 6.19. The van der Waals surface area contributed by atoms with Crippen LogP contribution in [0.5, 0.6) is 0 Å². The van der Waals surface area contributed by atoms with Crippen LogP contribution in [0.3, 0.4) is 0 Å². The molecule has 0 saturated heterocycles. The van der Waals surface area contributed by atoms with Crippen molar-refractivity contribution in [3.8, 4) is 0 Å². The van der Waals surface area contributed by atoms with E-state index in [1.54, 1.807) is 24.3 Å². The molecule has 0 aliphatic carbocycles. The molecule has 0 aliphatic rings. The molecule has 2 amide bonds. The molecule has 0 saturated carbocycles. The number of esters is 1. The minimum absolute atomic E-state index is 0.0412. The molecule has 2 N–H and O–H groups in total. The number of hydrogen-bond donors (Lipinski definition) is 2. The van der Waals surface area contributed by atoms with Gasteiger partial charge in [-0.25, -0.2) is 17.5 Å². The van der Waals surface area contributed by atoms with Gasteiger partial charge < -0.3 is 15.4 Å². The van der Waals surface area contributed by atoms with Crippen molar-refractivity contribution in [3.63, 3.8) is 0 Å². The summed E-state index contributed by atoms with van der Waals surface area (Å²) in [6.07, 6.45) is 0. The highest BCUT2D eigenvalue weighted by Crippen LogP contribution is 2.15. The number of rotatable bonds is 7. The lowest BCUT2D eigenvalue weighted by atomic mass is 10.2. The lowest BCUT2D eigenvalue weighted by molar-refractivity contribution is -0.119. The summed E-state index contributed by atoms with van der Waals surface area (Å²) in [5.74, 6) is -1.51. The zero-order valence-electron chi connectivity index (χ0n) is 16.1. The first kappa shape index (κ1) is 22.1. The van der Waals surface area contributed by atoms with Crippen molar-refractivity contribution in [1.29, 1.82) is 0 Å². The van der Waals surface area contributed by atoms with Crippen LogP contribution in [0.15, 0.2) is 53.4 Å². The van der Waals surface area contributed by atoms with Crippen LogP contribution in [0.4, 0.5) is 11.4 Å². The molecule has 29 heavy (non-hydrogen) atoms. The fourth-order valence-electron chi connectivity index (χ4n) is 2.23. The van der Waals surface area contributed by atoms with E-state index in [9.17, 15) is 22.8 Å². The molecule has 10 heteroatoms. The van der Waals surface area contributed by atoms with Crippen LogP contribution < -0.4 is 10.6 Å². The smallest absolute Gasteiger partial charge is 0.338 e. The van der Waals surface area contributed by atoms with Crippen LogP contribution >= 0.6 is 0 Å². The molecule has 0 fully saturated rings. The molecular weight excluding hydrogens is 398 g/mol. The number of carbonyl (C=O) groups excluding carboxylic acids is 3. The normalized spacial score (nSPS) is 11.0. The maximum atomic E-state index is 12.0. The van der Waals surface area contributed by atoms with Crippen molar-refractivity contribution in [3.05, 3.63) is 54.1 Å². The Balaban J connectivity index is 1.90. The molecule has 0 radical (unpaired) electrons. The van der Waals surface area contributed by atoms with Gasteiger partial charge in [0.25, 0.3) is 5.91 Å². The van der Waals surface area contributed by atoms with Crippen LogP contribution in [0.25, 0.3) is 0 Å². The van der Waals surface area contributed by atoms with E-state index in [0.29, 0.717) is 11.4 Å². The van der Waals surface area contributed by atoms with Crippen LogP contribution in [0.2, 0.25) is 0 Å². The number of nitrogens with one attached hydrogen (secondary N) is 2. The number of benzene rings is 2. The van der Waals surface area contributed by atoms with Gasteiger partial charge in [0.2, 0.25) is 15.9 Å². The molecular formula is C19H21N3O6S. The van der Waals surface area contributed by atoms with E-state index in [4.69, 9.17) is 4.74 Å². The number of ether oxygens (including phenoxy) is 1. The fraction of sp³-hybridized carbons (Fsp3) is 0.211. The predicted molar refractivity (Wildman–Crippen MR) is 107 cm³/mol. The maximum Gasteiger partial charge on any atom is 0.338 e. The molecule has 0 atom stereocenters. The van der Waals surface area contributed by atoms with Crippen LogP contribution in [0.1, 0.15) is 17.3 Å². The fourth-order valence-corrected chi connectivity index (χ4v) is 3.13. The molecule has 2 aromatic rings. The van der Waals surface area contributed by atoms with Crippen molar-refractivity contribution >= 4 is 39.2 Å². The molecule has 0 unspecified atom stereocenters. The van der Waals surface area contributed by atoms with Gasteiger partial charge in [-0.05, 0) is 48.5 Å². The minimum atomic E-state index is -3.60. The Labute approximate surface area is 168 Å². The van der Waals surface area contributed by atoms with Gasteiger partial charge in [0.1, 0.15) is 0 Å². The highest BCUT2D eigenvalue weighted by atomic mass is 32.2. The van der Waals surface area contributed by atoms with E-state index in [-0.39, 0.29) is 16.4 Å². The van der Waals surface area contributed by atoms with Crippen molar-refractivity contribution < 1.29 is 27.5 Å². The first-order chi connectivity index (χ1) is 13.6. The lowest BCUT2D eigenvalue weighted by Gasteiger charge is -2.11. The number of anilines is 2. The first-order valence-corrected chi connectivity index (χ1v) is 9.91. The third-order valence-electron chi connectivity index (χ3n) is 3.69. The SMILES string of the molecule is CC(=O)Nc1ccc(NC(=O)COC(=O)c2ccc(S(=O)(=O)N(C)C)cc2)cc1. The average molecular weight is 419 g/mol. The van der Waals surface area contributed by atoms with Gasteiger partial charge >= 0.3 is 5.97 Å². The van der Waals surface area contributed by atoms with Crippen LogP contribution in [-0.2, 0) is 24.3 Å². The van der Waals surface area contributed by atoms with Crippen molar-refractivity contribution in [2.45, 2.75) is 11.8 Å². The predicted octanol–water partition coefficient (Wildman–Crippen LogP) is 1.69. The van der Waals surface area contributed by atoms with Crippen molar-refractivity contribution in [2.75, 3.05) is 31.3 Å². The van der Waals surface area contributed by atoms with E-state index in [1.807, 2.05) is 0 Å². The Hall–Kier alpha value is -3.24. The van der Waals surface area contributed by atoms with Gasteiger partial charge in [0.15, 0.2) is 6.61 Å². The van der Waals surface area contributed by atoms with E-state index in [2.05, 4.69) is 10.6 Å². The zero-order valence-corrected chi connectivity index (χ0v) is 16.9. The van der Waals surface area contributed by atoms with Gasteiger partial charge in [0.05, 0.1) is 10.5 Å². The first-order valence-electron chi connectivity index (χ1n) is 8.47. The van der Waals surface area contributed by atoms with Crippen molar-refractivity contribution in [2.24, 2.45) is 0 Å². The number of sulfonamides is 1. The molecule has 0 aliphatic heterocycles. The third kappa shape index (κ3) is 6.13. The molecule has 0 bridgehead atoms. The summed E-state index contributed by atoms with van der Waals surface area (Å²) in [5, 5.41) is 5.16. The summed E-state index contributed by atoms with van der Waals surface area (Å²) < 4.78 is 30.0. The molecule has 0 heterocycles. The van der Waals surface area contributed by atoms with Gasteiger partial charge in [-0.1, -0.05) is 0 Å². The number of hydrogen-bond acceptors (Lipinski definition) is 6.